The van der Waals surface area contributed by atoms with Gasteiger partial charge < -0.3 is 4.55 Å². The molecule has 0 fully saturated rings. The zero-order valence-corrected chi connectivity index (χ0v) is 16.7. The molecule has 0 aliphatic rings. The van der Waals surface area contributed by atoms with Crippen LogP contribution in [0.5, 0.6) is 0 Å². The molecule has 0 saturated carbocycles. The van der Waals surface area contributed by atoms with Gasteiger partial charge in [-0.2, -0.15) is 0 Å². The second kappa shape index (κ2) is 16.2. The predicted molar refractivity (Wildman–Crippen MR) is 106 cm³/mol. The maximum atomic E-state index is 9.72. The third kappa shape index (κ3) is 20.3. The summed E-state index contributed by atoms with van der Waals surface area (Å²) in [6.07, 6.45) is 26.6. The standard InChI is InChI=1S/C20H44OS/c1-4-5-6-7-8-9-10-11-12-13-14-15-16-17-18-19-20-22(2,3)21/h21H,4-20H2,1-3H3. The smallest absolute Gasteiger partial charge is 0.00176 e. The molecule has 0 rings (SSSR count). The SMILES string of the molecule is CCCCCCCCCCCCCCCCCCS(C)(C)O. The van der Waals surface area contributed by atoms with Crippen LogP contribution in [0.4, 0.5) is 0 Å². The third-order valence-corrected chi connectivity index (χ3v) is 5.79. The Morgan fingerprint density at radius 1 is 0.500 bits per heavy atom. The van der Waals surface area contributed by atoms with Crippen molar-refractivity contribution in [3.8, 4) is 0 Å². The number of hydrogen-bond acceptors (Lipinski definition) is 1. The minimum Gasteiger partial charge on any atom is -0.352 e. The zero-order chi connectivity index (χ0) is 16.5. The van der Waals surface area contributed by atoms with Gasteiger partial charge >= 0.3 is 0 Å². The van der Waals surface area contributed by atoms with E-state index in [1.807, 2.05) is 12.5 Å². The van der Waals surface area contributed by atoms with E-state index in [0.717, 1.165) is 5.75 Å². The number of unbranched alkanes of at least 4 members (excludes halogenated alkanes) is 15. The van der Waals surface area contributed by atoms with Crippen molar-refractivity contribution >= 4 is 10.3 Å². The first-order valence-corrected chi connectivity index (χ1v) is 12.6. The number of rotatable bonds is 17. The lowest BCUT2D eigenvalue weighted by Crippen LogP contribution is -1.98. The summed E-state index contributed by atoms with van der Waals surface area (Å²) < 4.78 is 9.72. The monoisotopic (exact) mass is 332 g/mol. The zero-order valence-electron chi connectivity index (χ0n) is 15.9. The van der Waals surface area contributed by atoms with E-state index in [2.05, 4.69) is 6.92 Å². The Labute approximate surface area is 143 Å². The molecule has 0 atom stereocenters. The van der Waals surface area contributed by atoms with Crippen LogP contribution in [-0.4, -0.2) is 22.8 Å². The molecule has 2 heteroatoms. The van der Waals surface area contributed by atoms with Crippen LogP contribution in [0.25, 0.3) is 0 Å². The summed E-state index contributed by atoms with van der Waals surface area (Å²) in [5, 5.41) is 0. The predicted octanol–water partition coefficient (Wildman–Crippen LogP) is 7.79. The van der Waals surface area contributed by atoms with Gasteiger partial charge in [-0.15, -0.1) is 10.3 Å². The molecule has 0 aromatic carbocycles. The summed E-state index contributed by atoms with van der Waals surface area (Å²) in [6, 6.07) is 0. The first kappa shape index (κ1) is 22.3. The van der Waals surface area contributed by atoms with E-state index in [4.69, 9.17) is 0 Å². The highest BCUT2D eigenvalue weighted by Gasteiger charge is 2.04. The Balaban J connectivity index is 3.00. The van der Waals surface area contributed by atoms with Crippen LogP contribution < -0.4 is 0 Å². The summed E-state index contributed by atoms with van der Waals surface area (Å²) in [5.41, 5.74) is 0. The maximum Gasteiger partial charge on any atom is -0.00176 e. The van der Waals surface area contributed by atoms with Crippen molar-refractivity contribution in [3.05, 3.63) is 0 Å². The maximum absolute atomic E-state index is 9.72. The molecule has 0 radical (unpaired) electrons. The van der Waals surface area contributed by atoms with Gasteiger partial charge in [-0.05, 0) is 24.7 Å². The largest absolute Gasteiger partial charge is 0.352 e. The minimum absolute atomic E-state index is 1.03. The molecule has 1 N–H and O–H groups in total. The molecular weight excluding hydrogens is 288 g/mol. The molecule has 0 aromatic heterocycles. The van der Waals surface area contributed by atoms with Crippen LogP contribution in [0.3, 0.4) is 0 Å². The van der Waals surface area contributed by atoms with Crippen molar-refractivity contribution in [2.45, 2.75) is 110 Å². The van der Waals surface area contributed by atoms with Gasteiger partial charge in [0.05, 0.1) is 0 Å². The molecule has 0 aliphatic carbocycles. The highest BCUT2D eigenvalue weighted by atomic mass is 32.3. The number of hydrogen-bond donors (Lipinski definition) is 1. The van der Waals surface area contributed by atoms with Gasteiger partial charge in [0.2, 0.25) is 0 Å². The summed E-state index contributed by atoms with van der Waals surface area (Å²) in [4.78, 5) is 0. The molecule has 0 bridgehead atoms. The van der Waals surface area contributed by atoms with Crippen LogP contribution in [0.2, 0.25) is 0 Å². The molecule has 0 heterocycles. The summed E-state index contributed by atoms with van der Waals surface area (Å²) in [5.74, 6) is 1.03. The van der Waals surface area contributed by atoms with Crippen LogP contribution in [0, 0.1) is 0 Å². The van der Waals surface area contributed by atoms with E-state index < -0.39 is 10.3 Å². The Hall–Kier alpha value is 0.310. The second-order valence-electron chi connectivity index (χ2n) is 7.49. The summed E-state index contributed by atoms with van der Waals surface area (Å²) in [6.45, 7) is 2.29. The van der Waals surface area contributed by atoms with E-state index in [1.165, 1.54) is 103 Å². The molecule has 0 unspecified atom stereocenters. The van der Waals surface area contributed by atoms with Crippen molar-refractivity contribution in [2.24, 2.45) is 0 Å². The molecule has 0 aliphatic heterocycles. The van der Waals surface area contributed by atoms with E-state index in [-0.39, 0.29) is 0 Å². The van der Waals surface area contributed by atoms with Crippen LogP contribution in [0.15, 0.2) is 0 Å². The molecule has 22 heavy (non-hydrogen) atoms. The normalized spacial score (nSPS) is 12.7. The van der Waals surface area contributed by atoms with Gasteiger partial charge in [0, 0.05) is 0 Å². The topological polar surface area (TPSA) is 20.2 Å². The lowest BCUT2D eigenvalue weighted by Gasteiger charge is -2.22. The quantitative estimate of drug-likeness (QED) is 0.269. The van der Waals surface area contributed by atoms with Crippen molar-refractivity contribution in [2.75, 3.05) is 18.3 Å². The first-order valence-electron chi connectivity index (χ1n) is 9.99. The molecule has 0 spiro atoms. The van der Waals surface area contributed by atoms with Crippen molar-refractivity contribution in [1.82, 2.24) is 0 Å². The van der Waals surface area contributed by atoms with E-state index in [9.17, 15) is 4.55 Å². The summed E-state index contributed by atoms with van der Waals surface area (Å²) >= 11 is 0. The second-order valence-corrected chi connectivity index (χ2v) is 10.9. The molecule has 0 aromatic rings. The van der Waals surface area contributed by atoms with Crippen molar-refractivity contribution < 1.29 is 4.55 Å². The summed E-state index contributed by atoms with van der Waals surface area (Å²) in [7, 11) is -1.24. The lowest BCUT2D eigenvalue weighted by molar-refractivity contribution is 0.531. The average molecular weight is 333 g/mol. The molecule has 136 valence electrons. The van der Waals surface area contributed by atoms with Crippen LogP contribution in [0.1, 0.15) is 110 Å². The van der Waals surface area contributed by atoms with E-state index >= 15 is 0 Å². The highest BCUT2D eigenvalue weighted by molar-refractivity contribution is 8.28. The van der Waals surface area contributed by atoms with Gasteiger partial charge in [-0.25, -0.2) is 0 Å². The fraction of sp³-hybridized carbons (Fsp3) is 1.00. The van der Waals surface area contributed by atoms with Gasteiger partial charge in [-0.3, -0.25) is 0 Å². The average Bonchev–Trinajstić information content (AvgIpc) is 2.45. The Morgan fingerprint density at radius 2 is 0.773 bits per heavy atom. The molecular formula is C20H44OS. The first-order chi connectivity index (χ1) is 10.6. The van der Waals surface area contributed by atoms with E-state index in [0.29, 0.717) is 0 Å². The van der Waals surface area contributed by atoms with Crippen molar-refractivity contribution in [3.63, 3.8) is 0 Å². The van der Waals surface area contributed by atoms with Gasteiger partial charge in [0.1, 0.15) is 0 Å². The minimum atomic E-state index is -1.24. The fourth-order valence-electron chi connectivity index (χ4n) is 3.00. The lowest BCUT2D eigenvalue weighted by atomic mass is 10.0. The molecule has 0 saturated heterocycles. The third-order valence-electron chi connectivity index (χ3n) is 4.50. The van der Waals surface area contributed by atoms with Crippen molar-refractivity contribution in [1.29, 1.82) is 0 Å². The Bertz CT molecular complexity index is 210. The van der Waals surface area contributed by atoms with Crippen LogP contribution in [-0.2, 0) is 0 Å². The van der Waals surface area contributed by atoms with Gasteiger partial charge in [0.15, 0.2) is 0 Å². The fourth-order valence-corrected chi connectivity index (χ4v) is 3.91. The Kier molecular flexibility index (Phi) is 16.4. The molecule has 0 amide bonds. The molecule has 1 nitrogen and oxygen atoms in total. The Morgan fingerprint density at radius 3 is 1.05 bits per heavy atom. The van der Waals surface area contributed by atoms with Gasteiger partial charge in [0.25, 0.3) is 0 Å². The van der Waals surface area contributed by atoms with E-state index in [1.54, 1.807) is 0 Å². The van der Waals surface area contributed by atoms with Crippen LogP contribution >= 0.6 is 10.3 Å². The van der Waals surface area contributed by atoms with Gasteiger partial charge in [-0.1, -0.05) is 103 Å². The highest BCUT2D eigenvalue weighted by Crippen LogP contribution is 2.35.